The number of carbonyl (C=O) groups excluding carboxylic acids is 2. The smallest absolute Gasteiger partial charge is 0.306 e. The number of phosphoric acid groups is 1. The molecule has 0 aliphatic carbocycles. The second kappa shape index (κ2) is 55.0. The summed E-state index contributed by atoms with van der Waals surface area (Å²) in [5.74, 6) is -0.553. The lowest BCUT2D eigenvalue weighted by atomic mass is 10.0. The molecule has 0 aromatic rings. The molecule has 0 aliphatic heterocycles. The number of hydrogen-bond donors (Lipinski definition) is 1. The van der Waals surface area contributed by atoms with E-state index in [1.165, 1.54) is 173 Å². The number of allylic oxidation sites excluding steroid dienone is 9. The largest absolute Gasteiger partial charge is 0.756 e. The van der Waals surface area contributed by atoms with E-state index in [1.54, 1.807) is 0 Å². The van der Waals surface area contributed by atoms with Gasteiger partial charge >= 0.3 is 5.97 Å². The second-order valence-corrected chi connectivity index (χ2v) is 24.0. The van der Waals surface area contributed by atoms with Crippen LogP contribution in [0, 0.1) is 0 Å². The van der Waals surface area contributed by atoms with Crippen LogP contribution >= 0.6 is 7.82 Å². The van der Waals surface area contributed by atoms with Crippen LogP contribution < -0.4 is 10.2 Å². The summed E-state index contributed by atoms with van der Waals surface area (Å²) < 4.78 is 30.3. The van der Waals surface area contributed by atoms with E-state index in [9.17, 15) is 19.0 Å². The Labute approximate surface area is 464 Å². The van der Waals surface area contributed by atoms with Crippen molar-refractivity contribution in [1.82, 2.24) is 5.32 Å². The zero-order chi connectivity index (χ0) is 55.0. The zero-order valence-electron chi connectivity index (χ0n) is 50.0. The minimum absolute atomic E-state index is 0.0258. The highest BCUT2D eigenvalue weighted by Crippen LogP contribution is 2.38. The van der Waals surface area contributed by atoms with E-state index in [0.29, 0.717) is 23.9 Å². The molecule has 0 aromatic carbocycles. The van der Waals surface area contributed by atoms with Gasteiger partial charge in [0, 0.05) is 12.8 Å². The zero-order valence-corrected chi connectivity index (χ0v) is 50.9. The van der Waals surface area contributed by atoms with E-state index in [0.717, 1.165) is 77.0 Å². The van der Waals surface area contributed by atoms with Gasteiger partial charge in [-0.1, -0.05) is 242 Å². The summed E-state index contributed by atoms with van der Waals surface area (Å²) in [6, 6.07) is -0.895. The number of rotatable bonds is 57. The average molecular weight is 1070 g/mol. The third kappa shape index (κ3) is 56.2. The van der Waals surface area contributed by atoms with Crippen molar-refractivity contribution in [2.24, 2.45) is 0 Å². The van der Waals surface area contributed by atoms with Crippen LogP contribution in [0.25, 0.3) is 0 Å². The maximum Gasteiger partial charge on any atom is 0.306 e. The fourth-order valence-corrected chi connectivity index (χ4v) is 9.72. The standard InChI is InChI=1S/C65H121N2O7P/c1-7-10-13-16-19-22-25-27-29-31-33-35-37-39-42-45-48-51-54-57-64(68)66-62(61-73-75(70,71)72-60-59-67(4,5)6)63(56-53-50-47-44-41-24-21-18-15-12-9-3)74-65(69)58-55-52-49-46-43-40-38-36-34-32-30-28-26-23-20-17-14-11-8-2/h20,23,27-30,34,36,53,56,62-63H,7-19,21-22,24-26,31-33,35,37-52,54-55,57-61H2,1-6H3,(H-,66,68,70,71)/b23-20-,29-27+,30-28-,36-34-,56-53+. The first-order valence-electron chi connectivity index (χ1n) is 31.6. The number of amides is 1. The van der Waals surface area contributed by atoms with Gasteiger partial charge in [0.1, 0.15) is 19.3 Å². The molecule has 0 bridgehead atoms. The molecular formula is C65H121N2O7P. The minimum atomic E-state index is -4.70. The van der Waals surface area contributed by atoms with Gasteiger partial charge in [-0.05, 0) is 96.0 Å². The van der Waals surface area contributed by atoms with E-state index in [1.807, 2.05) is 33.3 Å². The number of unbranched alkanes of at least 4 members (excludes halogenated alkanes) is 33. The van der Waals surface area contributed by atoms with Crippen molar-refractivity contribution in [2.75, 3.05) is 40.9 Å². The van der Waals surface area contributed by atoms with Crippen LogP contribution in [-0.2, 0) is 27.9 Å². The van der Waals surface area contributed by atoms with Gasteiger partial charge < -0.3 is 28.5 Å². The van der Waals surface area contributed by atoms with E-state index in [-0.39, 0.29) is 24.9 Å². The van der Waals surface area contributed by atoms with Crippen LogP contribution in [0.1, 0.15) is 290 Å². The van der Waals surface area contributed by atoms with Crippen LogP contribution in [0.15, 0.2) is 60.8 Å². The van der Waals surface area contributed by atoms with Crippen molar-refractivity contribution in [2.45, 2.75) is 303 Å². The Balaban J connectivity index is 5.22. The number of hydrogen-bond acceptors (Lipinski definition) is 7. The molecule has 0 radical (unpaired) electrons. The minimum Gasteiger partial charge on any atom is -0.756 e. The lowest BCUT2D eigenvalue weighted by Gasteiger charge is -2.30. The molecule has 438 valence electrons. The fraction of sp³-hybridized carbons (Fsp3) is 0.815. The highest BCUT2D eigenvalue weighted by Gasteiger charge is 2.27. The van der Waals surface area contributed by atoms with Crippen molar-refractivity contribution in [3.8, 4) is 0 Å². The number of ether oxygens (including phenoxy) is 1. The van der Waals surface area contributed by atoms with Crippen molar-refractivity contribution in [1.29, 1.82) is 0 Å². The summed E-state index contributed by atoms with van der Waals surface area (Å²) >= 11 is 0. The van der Waals surface area contributed by atoms with Gasteiger partial charge in [0.15, 0.2) is 0 Å². The van der Waals surface area contributed by atoms with Crippen molar-refractivity contribution >= 4 is 19.7 Å². The van der Waals surface area contributed by atoms with Gasteiger partial charge in [0.2, 0.25) is 5.91 Å². The number of esters is 1. The Hall–Kier alpha value is -2.29. The van der Waals surface area contributed by atoms with Gasteiger partial charge in [-0.2, -0.15) is 0 Å². The molecule has 0 fully saturated rings. The van der Waals surface area contributed by atoms with Crippen LogP contribution in [0.3, 0.4) is 0 Å². The van der Waals surface area contributed by atoms with E-state index >= 15 is 0 Å². The molecule has 75 heavy (non-hydrogen) atoms. The molecule has 0 spiro atoms. The number of phosphoric ester groups is 1. The molecule has 9 nitrogen and oxygen atoms in total. The number of nitrogens with zero attached hydrogens (tertiary/aromatic N) is 1. The Morgan fingerprint density at radius 2 is 0.813 bits per heavy atom. The van der Waals surface area contributed by atoms with Crippen molar-refractivity contribution in [3.63, 3.8) is 0 Å². The SMILES string of the molecule is CCCCC/C=C\C/C=C\C/C=C\CCCCCCCCC(=O)OC(/C=C/CCCCCCCCCCC)C(COP(=O)([O-])OCC[N+](C)(C)C)NC(=O)CCCCCCCCCCC/C=C/CCCCCCCC. The highest BCUT2D eigenvalue weighted by molar-refractivity contribution is 7.45. The predicted octanol–water partition coefficient (Wildman–Crippen LogP) is 18.8. The van der Waals surface area contributed by atoms with E-state index in [2.05, 4.69) is 74.7 Å². The average Bonchev–Trinajstić information content (AvgIpc) is 3.37. The second-order valence-electron chi connectivity index (χ2n) is 22.6. The Kier molecular flexibility index (Phi) is 53.4. The molecule has 3 unspecified atom stereocenters. The molecule has 0 aliphatic rings. The number of nitrogens with one attached hydrogen (secondary N) is 1. The number of likely N-dealkylation sites (N-methyl/N-ethyl adjacent to an activating group) is 1. The Morgan fingerprint density at radius 1 is 0.467 bits per heavy atom. The summed E-state index contributed by atoms with van der Waals surface area (Å²) in [5, 5.41) is 3.03. The summed E-state index contributed by atoms with van der Waals surface area (Å²) in [6.07, 6.45) is 69.0. The molecule has 0 heterocycles. The van der Waals surface area contributed by atoms with Gasteiger partial charge in [0.25, 0.3) is 7.82 Å². The maximum absolute atomic E-state index is 13.5. The van der Waals surface area contributed by atoms with Gasteiger partial charge in [0.05, 0.1) is 33.8 Å². The normalized spacial score (nSPS) is 14.1. The summed E-state index contributed by atoms with van der Waals surface area (Å²) in [4.78, 5) is 40.0. The van der Waals surface area contributed by atoms with E-state index in [4.69, 9.17) is 13.8 Å². The van der Waals surface area contributed by atoms with Crippen molar-refractivity contribution in [3.05, 3.63) is 60.8 Å². The molecule has 10 heteroatoms. The van der Waals surface area contributed by atoms with E-state index < -0.39 is 26.6 Å². The highest BCUT2D eigenvalue weighted by atomic mass is 31.2. The first kappa shape index (κ1) is 72.7. The first-order valence-corrected chi connectivity index (χ1v) is 33.1. The summed E-state index contributed by atoms with van der Waals surface area (Å²) in [6.45, 7) is 6.81. The monoisotopic (exact) mass is 1070 g/mol. The molecular weight excluding hydrogens is 952 g/mol. The Morgan fingerprint density at radius 3 is 1.25 bits per heavy atom. The summed E-state index contributed by atoms with van der Waals surface area (Å²) in [7, 11) is 1.18. The molecule has 0 rings (SSSR count). The molecule has 1 amide bonds. The van der Waals surface area contributed by atoms with Crippen LogP contribution in [0.4, 0.5) is 0 Å². The quantitative estimate of drug-likeness (QED) is 0.0212. The molecule has 1 N–H and O–H groups in total. The third-order valence-corrected chi connectivity index (χ3v) is 14.9. The molecule has 0 saturated heterocycles. The lowest BCUT2D eigenvalue weighted by molar-refractivity contribution is -0.870. The number of quaternary nitrogens is 1. The van der Waals surface area contributed by atoms with Crippen molar-refractivity contribution < 1.29 is 37.3 Å². The molecule has 0 saturated carbocycles. The lowest BCUT2D eigenvalue weighted by Crippen LogP contribution is -2.47. The van der Waals surface area contributed by atoms with Gasteiger partial charge in [-0.3, -0.25) is 14.2 Å². The Bertz CT molecular complexity index is 1470. The fourth-order valence-electron chi connectivity index (χ4n) is 8.99. The molecule has 3 atom stereocenters. The predicted molar refractivity (Wildman–Crippen MR) is 321 cm³/mol. The maximum atomic E-state index is 13.5. The topological polar surface area (TPSA) is 114 Å². The summed E-state index contributed by atoms with van der Waals surface area (Å²) in [5.41, 5.74) is 0. The molecule has 0 aromatic heterocycles. The van der Waals surface area contributed by atoms with Crippen LogP contribution in [-0.4, -0.2) is 69.4 Å². The third-order valence-electron chi connectivity index (χ3n) is 13.9. The van der Waals surface area contributed by atoms with Crippen LogP contribution in [0.2, 0.25) is 0 Å². The first-order chi connectivity index (χ1) is 36.4. The van der Waals surface area contributed by atoms with Gasteiger partial charge in [-0.15, -0.1) is 0 Å². The number of carbonyl (C=O) groups is 2. The van der Waals surface area contributed by atoms with Crippen LogP contribution in [0.5, 0.6) is 0 Å². The van der Waals surface area contributed by atoms with Gasteiger partial charge in [-0.25, -0.2) is 0 Å².